The van der Waals surface area contributed by atoms with Gasteiger partial charge in [0.1, 0.15) is 6.61 Å². The van der Waals surface area contributed by atoms with Crippen molar-refractivity contribution in [2.75, 3.05) is 13.2 Å². The molecule has 0 saturated heterocycles. The number of fused-ring (bicyclic) bond motifs is 3. The Morgan fingerprint density at radius 1 is 0.914 bits per heavy atom. The number of benzene rings is 2. The van der Waals surface area contributed by atoms with Crippen molar-refractivity contribution in [2.45, 2.75) is 51.1 Å². The van der Waals surface area contributed by atoms with Crippen molar-refractivity contribution in [2.24, 2.45) is 0 Å². The molecule has 2 aromatic carbocycles. The fourth-order valence-corrected chi connectivity index (χ4v) is 4.18. The summed E-state index contributed by atoms with van der Waals surface area (Å²) in [7, 11) is 0. The van der Waals surface area contributed by atoms with Crippen molar-refractivity contribution in [3.05, 3.63) is 59.7 Å². The Bertz CT molecular complexity index is 1040. The van der Waals surface area contributed by atoms with Gasteiger partial charge in [-0.05, 0) is 42.0 Å². The van der Waals surface area contributed by atoms with Gasteiger partial charge in [0.15, 0.2) is 0 Å². The van der Waals surface area contributed by atoms with E-state index in [4.69, 9.17) is 14.6 Å². The molecule has 1 aliphatic carbocycles. The van der Waals surface area contributed by atoms with Crippen LogP contribution in [0.3, 0.4) is 0 Å². The second-order valence-corrected chi connectivity index (χ2v) is 8.20. The molecule has 0 spiro atoms. The topological polar surface area (TPSA) is 131 Å². The summed E-state index contributed by atoms with van der Waals surface area (Å²) >= 11 is 0. The normalized spacial score (nSPS) is 13.7. The highest BCUT2D eigenvalue weighted by atomic mass is 16.6. The zero-order valence-electron chi connectivity index (χ0n) is 19.8. The number of rotatable bonds is 11. The quantitative estimate of drug-likeness (QED) is 0.331. The van der Waals surface area contributed by atoms with Gasteiger partial charge in [-0.3, -0.25) is 14.9 Å². The number of alkyl carbamates (subject to hydrolysis) is 1. The number of carboxylic acids is 1. The SMILES string of the molecule is CCOC(=O)C(NC(=O)OCC1c2ccccc2-c2ccccc21)C(=O)NC(CC)CCC(=O)O. The minimum absolute atomic E-state index is 0.0191. The van der Waals surface area contributed by atoms with E-state index >= 15 is 0 Å². The van der Waals surface area contributed by atoms with Gasteiger partial charge < -0.3 is 19.9 Å². The summed E-state index contributed by atoms with van der Waals surface area (Å²) in [5.41, 5.74) is 4.22. The Morgan fingerprint density at radius 3 is 2.06 bits per heavy atom. The molecular weight excluding hydrogens is 452 g/mol. The Kier molecular flexibility index (Phi) is 8.83. The fraction of sp³-hybridized carbons (Fsp3) is 0.385. The zero-order chi connectivity index (χ0) is 25.4. The van der Waals surface area contributed by atoms with Crippen molar-refractivity contribution in [1.82, 2.24) is 10.6 Å². The van der Waals surface area contributed by atoms with Gasteiger partial charge >= 0.3 is 18.0 Å². The van der Waals surface area contributed by atoms with Crippen LogP contribution in [0.1, 0.15) is 50.2 Å². The summed E-state index contributed by atoms with van der Waals surface area (Å²) in [4.78, 5) is 48.6. The molecule has 1 aliphatic rings. The number of amides is 2. The van der Waals surface area contributed by atoms with Gasteiger partial charge in [-0.25, -0.2) is 9.59 Å². The first-order chi connectivity index (χ1) is 16.8. The first-order valence-corrected chi connectivity index (χ1v) is 11.7. The fourth-order valence-electron chi connectivity index (χ4n) is 4.18. The van der Waals surface area contributed by atoms with Crippen LogP contribution in [0.25, 0.3) is 11.1 Å². The lowest BCUT2D eigenvalue weighted by Crippen LogP contribution is -2.54. The predicted molar refractivity (Wildman–Crippen MR) is 128 cm³/mol. The van der Waals surface area contributed by atoms with Crippen LogP contribution in [0.5, 0.6) is 0 Å². The molecule has 9 nitrogen and oxygen atoms in total. The van der Waals surface area contributed by atoms with Gasteiger partial charge in [0.2, 0.25) is 6.04 Å². The molecule has 3 N–H and O–H groups in total. The number of hydrogen-bond donors (Lipinski definition) is 3. The highest BCUT2D eigenvalue weighted by molar-refractivity contribution is 6.04. The summed E-state index contributed by atoms with van der Waals surface area (Å²) in [6, 6.07) is 13.7. The highest BCUT2D eigenvalue weighted by Gasteiger charge is 2.33. The minimum atomic E-state index is -1.62. The van der Waals surface area contributed by atoms with E-state index in [9.17, 15) is 19.2 Å². The average Bonchev–Trinajstić information content (AvgIpc) is 3.17. The Morgan fingerprint density at radius 2 is 1.51 bits per heavy atom. The number of esters is 1. The van der Waals surface area contributed by atoms with Crippen molar-refractivity contribution >= 4 is 23.9 Å². The van der Waals surface area contributed by atoms with Crippen LogP contribution in [0.2, 0.25) is 0 Å². The van der Waals surface area contributed by atoms with E-state index in [1.54, 1.807) is 13.8 Å². The van der Waals surface area contributed by atoms with Crippen molar-refractivity contribution in [3.8, 4) is 11.1 Å². The smallest absolute Gasteiger partial charge is 0.408 e. The standard InChI is InChI=1S/C26H30N2O7/c1-3-16(13-14-22(29)30)27-24(31)23(25(32)34-4-2)28-26(33)35-15-21-19-11-7-5-9-17(19)18-10-6-8-12-20(18)21/h5-12,16,21,23H,3-4,13-15H2,1-2H3,(H,27,31)(H,28,33)(H,29,30). The van der Waals surface area contributed by atoms with Gasteiger partial charge in [0.25, 0.3) is 5.91 Å². The molecule has 2 atom stereocenters. The molecule has 186 valence electrons. The summed E-state index contributed by atoms with van der Waals surface area (Å²) in [6.07, 6.45) is -0.418. The third kappa shape index (κ3) is 6.38. The Balaban J connectivity index is 1.66. The maximum atomic E-state index is 12.8. The molecule has 0 fully saturated rings. The third-order valence-electron chi connectivity index (χ3n) is 5.94. The maximum Gasteiger partial charge on any atom is 0.408 e. The molecule has 2 amide bonds. The lowest BCUT2D eigenvalue weighted by molar-refractivity contribution is -0.149. The van der Waals surface area contributed by atoms with E-state index in [0.717, 1.165) is 22.3 Å². The number of carbonyl (C=O) groups is 4. The van der Waals surface area contributed by atoms with Gasteiger partial charge in [0, 0.05) is 18.4 Å². The van der Waals surface area contributed by atoms with Crippen LogP contribution in [0.4, 0.5) is 4.79 Å². The zero-order valence-corrected chi connectivity index (χ0v) is 19.8. The van der Waals surface area contributed by atoms with Gasteiger partial charge in [0.05, 0.1) is 6.61 Å². The summed E-state index contributed by atoms with van der Waals surface area (Å²) < 4.78 is 10.4. The molecule has 0 radical (unpaired) electrons. The van der Waals surface area contributed by atoms with Crippen LogP contribution in [-0.2, 0) is 23.9 Å². The molecule has 3 rings (SSSR count). The number of carboxylic acid groups (broad SMARTS) is 1. The molecule has 35 heavy (non-hydrogen) atoms. The molecular formula is C26H30N2O7. The molecule has 0 heterocycles. The van der Waals surface area contributed by atoms with Gasteiger partial charge in [-0.15, -0.1) is 0 Å². The lowest BCUT2D eigenvalue weighted by Gasteiger charge is -2.22. The number of aliphatic carboxylic acids is 1. The molecule has 2 unspecified atom stereocenters. The van der Waals surface area contributed by atoms with E-state index < -0.39 is 36.0 Å². The van der Waals surface area contributed by atoms with Crippen LogP contribution in [0, 0.1) is 0 Å². The first-order valence-electron chi connectivity index (χ1n) is 11.7. The molecule has 0 bridgehead atoms. The van der Waals surface area contributed by atoms with Crippen molar-refractivity contribution < 1.29 is 33.8 Å². The highest BCUT2D eigenvalue weighted by Crippen LogP contribution is 2.44. The van der Waals surface area contributed by atoms with E-state index in [2.05, 4.69) is 10.6 Å². The van der Waals surface area contributed by atoms with Crippen molar-refractivity contribution in [3.63, 3.8) is 0 Å². The monoisotopic (exact) mass is 482 g/mol. The van der Waals surface area contributed by atoms with E-state index in [1.807, 2.05) is 48.5 Å². The average molecular weight is 483 g/mol. The second kappa shape index (κ2) is 12.0. The van der Waals surface area contributed by atoms with Crippen molar-refractivity contribution in [1.29, 1.82) is 0 Å². The number of ether oxygens (including phenoxy) is 2. The molecule has 9 heteroatoms. The molecule has 0 aromatic heterocycles. The predicted octanol–water partition coefficient (Wildman–Crippen LogP) is 3.22. The first kappa shape index (κ1) is 25.7. The Hall–Kier alpha value is -3.88. The van der Waals surface area contributed by atoms with Gasteiger partial charge in [-0.2, -0.15) is 0 Å². The summed E-state index contributed by atoms with van der Waals surface area (Å²) in [5.74, 6) is -2.87. The molecule has 0 aliphatic heterocycles. The van der Waals surface area contributed by atoms with E-state index in [1.165, 1.54) is 0 Å². The van der Waals surface area contributed by atoms with Gasteiger partial charge in [-0.1, -0.05) is 55.5 Å². The third-order valence-corrected chi connectivity index (χ3v) is 5.94. The van der Waals surface area contributed by atoms with Crippen LogP contribution < -0.4 is 10.6 Å². The van der Waals surface area contributed by atoms with E-state index in [-0.39, 0.29) is 32.0 Å². The number of hydrogen-bond acceptors (Lipinski definition) is 6. The van der Waals surface area contributed by atoms with E-state index in [0.29, 0.717) is 6.42 Å². The molecule has 2 aromatic rings. The summed E-state index contributed by atoms with van der Waals surface area (Å²) in [6.45, 7) is 3.41. The largest absolute Gasteiger partial charge is 0.481 e. The number of carbonyl (C=O) groups excluding carboxylic acids is 3. The molecule has 0 saturated carbocycles. The maximum absolute atomic E-state index is 12.8. The Labute approximate surface area is 203 Å². The minimum Gasteiger partial charge on any atom is -0.481 e. The lowest BCUT2D eigenvalue weighted by atomic mass is 9.98. The second-order valence-electron chi connectivity index (χ2n) is 8.20. The van der Waals surface area contributed by atoms with Crippen LogP contribution in [0.15, 0.2) is 48.5 Å². The van der Waals surface area contributed by atoms with Crippen LogP contribution in [-0.4, -0.2) is 54.3 Å². The number of nitrogens with one attached hydrogen (secondary N) is 2. The van der Waals surface area contributed by atoms with Crippen LogP contribution >= 0.6 is 0 Å². The summed E-state index contributed by atoms with van der Waals surface area (Å²) in [5, 5.41) is 13.8.